The zero-order valence-electron chi connectivity index (χ0n) is 8.39. The predicted octanol–water partition coefficient (Wildman–Crippen LogP) is 3.71. The van der Waals surface area contributed by atoms with Crippen molar-refractivity contribution in [3.63, 3.8) is 0 Å². The zero-order chi connectivity index (χ0) is 11.3. The summed E-state index contributed by atoms with van der Waals surface area (Å²) < 4.78 is 28.5. The Labute approximate surface area is 95.3 Å². The molecule has 0 radical (unpaired) electrons. The highest BCUT2D eigenvalue weighted by molar-refractivity contribution is 9.18. The molecule has 0 atom stereocenters. The summed E-state index contributed by atoms with van der Waals surface area (Å²) in [5.41, 5.74) is -0.890. The van der Waals surface area contributed by atoms with Crippen molar-refractivity contribution in [3.05, 3.63) is 35.4 Å². The predicted molar refractivity (Wildman–Crippen MR) is 59.9 cm³/mol. The Morgan fingerprint density at radius 2 is 1.80 bits per heavy atom. The number of aliphatic imine (C=N–C) groups is 1. The molecule has 80 valence electrons. The molecule has 0 unspecified atom stereocenters. The van der Waals surface area contributed by atoms with Gasteiger partial charge in [0, 0.05) is 11.1 Å². The van der Waals surface area contributed by atoms with E-state index in [-0.39, 0.29) is 5.56 Å². The third kappa shape index (κ3) is 1.42. The molecule has 0 amide bonds. The van der Waals surface area contributed by atoms with Gasteiger partial charge in [0.1, 0.15) is 10.2 Å². The van der Waals surface area contributed by atoms with Gasteiger partial charge in [-0.2, -0.15) is 8.78 Å². The standard InChI is InChI=1S/C11H10BrF2N/c1-10(2)11(13,14)8-6-4-3-5-7(8)9(12)15-10/h3-6H,1-2H3. The van der Waals surface area contributed by atoms with E-state index in [0.29, 0.717) is 10.2 Å². The Bertz CT molecular complexity index is 438. The molecule has 15 heavy (non-hydrogen) atoms. The highest BCUT2D eigenvalue weighted by Gasteiger charge is 2.52. The summed E-state index contributed by atoms with van der Waals surface area (Å²) in [7, 11) is 0. The van der Waals surface area contributed by atoms with Crippen molar-refractivity contribution in [3.8, 4) is 0 Å². The molecular formula is C11H10BrF2N. The lowest BCUT2D eigenvalue weighted by molar-refractivity contribution is -0.0679. The minimum absolute atomic E-state index is 0.0388. The third-order valence-corrected chi connectivity index (χ3v) is 3.24. The fourth-order valence-corrected chi connectivity index (χ4v) is 2.43. The Balaban J connectivity index is 2.73. The summed E-state index contributed by atoms with van der Waals surface area (Å²) in [6, 6.07) is 6.44. The van der Waals surface area contributed by atoms with Crippen molar-refractivity contribution >= 4 is 20.6 Å². The summed E-state index contributed by atoms with van der Waals surface area (Å²) in [6.45, 7) is 2.87. The molecule has 1 nitrogen and oxygen atoms in total. The lowest BCUT2D eigenvalue weighted by atomic mass is 9.85. The average molecular weight is 274 g/mol. The van der Waals surface area contributed by atoms with Gasteiger partial charge in [-0.15, -0.1) is 0 Å². The summed E-state index contributed by atoms with van der Waals surface area (Å²) in [6.07, 6.45) is 0. The summed E-state index contributed by atoms with van der Waals surface area (Å²) in [5, 5.41) is 0. The topological polar surface area (TPSA) is 12.4 Å². The molecule has 1 aliphatic heterocycles. The van der Waals surface area contributed by atoms with Crippen molar-refractivity contribution < 1.29 is 8.78 Å². The molecular weight excluding hydrogens is 264 g/mol. The lowest BCUT2D eigenvalue weighted by Gasteiger charge is -2.35. The Kier molecular flexibility index (Phi) is 2.23. The van der Waals surface area contributed by atoms with Crippen LogP contribution in [0.4, 0.5) is 8.78 Å². The molecule has 4 heteroatoms. The highest BCUT2D eigenvalue weighted by atomic mass is 79.9. The maximum Gasteiger partial charge on any atom is 0.297 e. The smallest absolute Gasteiger partial charge is 0.264 e. The number of hydrogen-bond acceptors (Lipinski definition) is 1. The van der Waals surface area contributed by atoms with Gasteiger partial charge in [-0.1, -0.05) is 24.3 Å². The van der Waals surface area contributed by atoms with E-state index < -0.39 is 11.5 Å². The second-order valence-electron chi connectivity index (χ2n) is 4.08. The summed E-state index contributed by atoms with van der Waals surface area (Å²) >= 11 is 3.23. The van der Waals surface area contributed by atoms with E-state index in [2.05, 4.69) is 20.9 Å². The van der Waals surface area contributed by atoms with Crippen LogP contribution in [0.25, 0.3) is 0 Å². The molecule has 0 aliphatic carbocycles. The SMILES string of the molecule is CC1(C)N=C(Br)c2ccccc2C1(F)F. The number of nitrogens with zero attached hydrogens (tertiary/aromatic N) is 1. The van der Waals surface area contributed by atoms with Crippen molar-refractivity contribution in [2.24, 2.45) is 4.99 Å². The molecule has 1 aromatic carbocycles. The minimum atomic E-state index is -2.93. The highest BCUT2D eigenvalue weighted by Crippen LogP contribution is 2.46. The molecule has 0 spiro atoms. The molecule has 1 heterocycles. The van der Waals surface area contributed by atoms with Gasteiger partial charge in [-0.3, -0.25) is 4.99 Å². The van der Waals surface area contributed by atoms with E-state index in [1.54, 1.807) is 18.2 Å². The average Bonchev–Trinajstić information content (AvgIpc) is 2.15. The molecule has 0 fully saturated rings. The maximum atomic E-state index is 14.0. The summed E-state index contributed by atoms with van der Waals surface area (Å²) in [4.78, 5) is 3.99. The Hall–Kier alpha value is -0.770. The van der Waals surface area contributed by atoms with E-state index in [4.69, 9.17) is 0 Å². The number of fused-ring (bicyclic) bond motifs is 1. The van der Waals surface area contributed by atoms with Crippen LogP contribution in [0, 0.1) is 0 Å². The first-order chi connectivity index (χ1) is 6.86. The van der Waals surface area contributed by atoms with Gasteiger partial charge in [-0.05, 0) is 29.8 Å². The van der Waals surface area contributed by atoms with E-state index in [9.17, 15) is 8.78 Å². The van der Waals surface area contributed by atoms with Crippen LogP contribution in [-0.4, -0.2) is 10.2 Å². The zero-order valence-corrected chi connectivity index (χ0v) is 9.98. The number of halogens is 3. The van der Waals surface area contributed by atoms with Crippen LogP contribution >= 0.6 is 15.9 Å². The van der Waals surface area contributed by atoms with Crippen molar-refractivity contribution in [2.75, 3.05) is 0 Å². The lowest BCUT2D eigenvalue weighted by Crippen LogP contribution is -2.43. The van der Waals surface area contributed by atoms with Crippen LogP contribution in [0.1, 0.15) is 25.0 Å². The Morgan fingerprint density at radius 3 is 2.47 bits per heavy atom. The first-order valence-corrected chi connectivity index (χ1v) is 5.38. The van der Waals surface area contributed by atoms with Gasteiger partial charge in [0.25, 0.3) is 5.92 Å². The van der Waals surface area contributed by atoms with E-state index >= 15 is 0 Å². The van der Waals surface area contributed by atoms with E-state index in [1.807, 2.05) is 0 Å². The normalized spacial score (nSPS) is 21.8. The van der Waals surface area contributed by atoms with E-state index in [1.165, 1.54) is 19.9 Å². The number of benzene rings is 1. The quantitative estimate of drug-likeness (QED) is 0.683. The van der Waals surface area contributed by atoms with Gasteiger partial charge >= 0.3 is 0 Å². The van der Waals surface area contributed by atoms with Crippen molar-refractivity contribution in [2.45, 2.75) is 25.3 Å². The molecule has 0 bridgehead atoms. The van der Waals surface area contributed by atoms with Crippen LogP contribution in [0.2, 0.25) is 0 Å². The van der Waals surface area contributed by atoms with Crippen LogP contribution in [0.5, 0.6) is 0 Å². The second kappa shape index (κ2) is 3.11. The molecule has 1 aromatic rings. The summed E-state index contributed by atoms with van der Waals surface area (Å²) in [5.74, 6) is -2.93. The molecule has 0 N–H and O–H groups in total. The van der Waals surface area contributed by atoms with Gasteiger partial charge in [0.05, 0.1) is 0 Å². The van der Waals surface area contributed by atoms with Gasteiger partial charge in [0.15, 0.2) is 0 Å². The first-order valence-electron chi connectivity index (χ1n) is 4.59. The first kappa shape index (κ1) is 10.7. The molecule has 0 saturated heterocycles. The monoisotopic (exact) mass is 273 g/mol. The van der Waals surface area contributed by atoms with Crippen molar-refractivity contribution in [1.82, 2.24) is 0 Å². The maximum absolute atomic E-state index is 14.0. The second-order valence-corrected chi connectivity index (χ2v) is 4.83. The number of rotatable bonds is 0. The van der Waals surface area contributed by atoms with Gasteiger partial charge < -0.3 is 0 Å². The van der Waals surface area contributed by atoms with Crippen LogP contribution in [0.15, 0.2) is 29.3 Å². The minimum Gasteiger partial charge on any atom is -0.264 e. The fourth-order valence-electron chi connectivity index (χ4n) is 1.64. The Morgan fingerprint density at radius 1 is 1.20 bits per heavy atom. The molecule has 0 aromatic heterocycles. The molecule has 0 saturated carbocycles. The fraction of sp³-hybridized carbons (Fsp3) is 0.364. The van der Waals surface area contributed by atoms with Crippen LogP contribution < -0.4 is 0 Å². The molecule has 2 rings (SSSR count). The van der Waals surface area contributed by atoms with Crippen molar-refractivity contribution in [1.29, 1.82) is 0 Å². The van der Waals surface area contributed by atoms with Gasteiger partial charge in [0.2, 0.25) is 0 Å². The third-order valence-electron chi connectivity index (χ3n) is 2.63. The van der Waals surface area contributed by atoms with E-state index in [0.717, 1.165) is 0 Å². The number of hydrogen-bond donors (Lipinski definition) is 0. The number of alkyl halides is 2. The van der Waals surface area contributed by atoms with Crippen LogP contribution in [-0.2, 0) is 5.92 Å². The van der Waals surface area contributed by atoms with Crippen LogP contribution in [0.3, 0.4) is 0 Å². The largest absolute Gasteiger partial charge is 0.297 e. The molecule has 1 aliphatic rings. The van der Waals surface area contributed by atoms with Gasteiger partial charge in [-0.25, -0.2) is 0 Å².